The molecule has 1 fully saturated rings. The number of hydrazone groups is 1. The third-order valence-electron chi connectivity index (χ3n) is 4.52. The zero-order chi connectivity index (χ0) is 15.5. The van der Waals surface area contributed by atoms with E-state index in [0.717, 1.165) is 11.3 Å². The number of nitrogens with zero attached hydrogens (tertiary/aromatic N) is 2. The molecule has 2 aliphatic rings. The number of aryl methyl sites for hydroxylation is 1. The lowest BCUT2D eigenvalue weighted by atomic mass is 9.84. The van der Waals surface area contributed by atoms with Crippen LogP contribution in [0.2, 0.25) is 0 Å². The first kappa shape index (κ1) is 15.5. The molecule has 120 valence electrons. The number of rotatable bonds is 3. The topological polar surface area (TPSA) is 38.0 Å². The maximum atomic E-state index is 6.74. The van der Waals surface area contributed by atoms with E-state index in [2.05, 4.69) is 5.10 Å². The number of alkyl halides is 1. The Morgan fingerprint density at radius 1 is 1.36 bits per heavy atom. The molecule has 0 amide bonds. The van der Waals surface area contributed by atoms with Gasteiger partial charge < -0.3 is 9.15 Å². The van der Waals surface area contributed by atoms with Crippen LogP contribution in [-0.2, 0) is 4.74 Å². The third-order valence-corrected chi connectivity index (χ3v) is 5.12. The second-order valence-electron chi connectivity index (χ2n) is 6.03. The van der Waals surface area contributed by atoms with Gasteiger partial charge in [0.25, 0.3) is 0 Å². The van der Waals surface area contributed by atoms with E-state index in [1.807, 2.05) is 25.3 Å². The Morgan fingerprint density at radius 2 is 2.14 bits per heavy atom. The fourth-order valence-corrected chi connectivity index (χ4v) is 3.71. The lowest BCUT2D eigenvalue weighted by molar-refractivity contribution is 0.346. The van der Waals surface area contributed by atoms with Crippen LogP contribution in [0, 0.1) is 12.8 Å². The van der Waals surface area contributed by atoms with E-state index < -0.39 is 0 Å². The second kappa shape index (κ2) is 6.78. The standard InChI is InChI=1S/C17H23ClN2O2/c1-12-14(17(18)13-7-4-3-5-8-13)11-16(22-12)20-10-6-9-15(19-20)21-2/h6,10-11,13,17H,3-5,7-9H2,1-2H3. The van der Waals surface area contributed by atoms with E-state index in [1.165, 1.54) is 32.1 Å². The summed E-state index contributed by atoms with van der Waals surface area (Å²) in [5.74, 6) is 2.80. The van der Waals surface area contributed by atoms with Crippen LogP contribution in [0.3, 0.4) is 0 Å². The summed E-state index contributed by atoms with van der Waals surface area (Å²) in [6, 6.07) is 2.02. The van der Waals surface area contributed by atoms with Crippen molar-refractivity contribution >= 4 is 23.4 Å². The third kappa shape index (κ3) is 3.17. The van der Waals surface area contributed by atoms with Crippen LogP contribution in [0.25, 0.3) is 0 Å². The molecule has 5 heteroatoms. The molecule has 22 heavy (non-hydrogen) atoms. The summed E-state index contributed by atoms with van der Waals surface area (Å²) in [7, 11) is 1.63. The molecule has 1 saturated carbocycles. The second-order valence-corrected chi connectivity index (χ2v) is 6.50. The zero-order valence-electron chi connectivity index (χ0n) is 13.2. The molecule has 0 saturated heterocycles. The van der Waals surface area contributed by atoms with Gasteiger partial charge in [-0.25, -0.2) is 5.01 Å². The number of hydrogen-bond acceptors (Lipinski definition) is 4. The Kier molecular flexibility index (Phi) is 4.77. The van der Waals surface area contributed by atoms with Crippen molar-refractivity contribution < 1.29 is 9.15 Å². The molecular weight excluding hydrogens is 300 g/mol. The van der Waals surface area contributed by atoms with E-state index in [1.54, 1.807) is 12.1 Å². The molecule has 1 aliphatic heterocycles. The summed E-state index contributed by atoms with van der Waals surface area (Å²) in [5.41, 5.74) is 1.09. The van der Waals surface area contributed by atoms with Gasteiger partial charge in [-0.2, -0.15) is 0 Å². The van der Waals surface area contributed by atoms with E-state index in [9.17, 15) is 0 Å². The number of ether oxygens (including phenoxy) is 1. The highest BCUT2D eigenvalue weighted by Gasteiger charge is 2.27. The highest BCUT2D eigenvalue weighted by Crippen LogP contribution is 2.42. The van der Waals surface area contributed by atoms with Crippen molar-refractivity contribution in [2.45, 2.75) is 50.8 Å². The summed E-state index contributed by atoms with van der Waals surface area (Å²) in [4.78, 5) is 0. The summed E-state index contributed by atoms with van der Waals surface area (Å²) >= 11 is 6.74. The first-order chi connectivity index (χ1) is 10.7. The van der Waals surface area contributed by atoms with Gasteiger partial charge in [0.15, 0.2) is 0 Å². The molecule has 1 atom stereocenters. The van der Waals surface area contributed by atoms with Gasteiger partial charge in [-0.1, -0.05) is 25.3 Å². The lowest BCUT2D eigenvalue weighted by Gasteiger charge is -2.25. The summed E-state index contributed by atoms with van der Waals surface area (Å²) < 4.78 is 11.1. The molecule has 4 nitrogen and oxygen atoms in total. The molecule has 0 spiro atoms. The SMILES string of the molecule is COC1=NN(c2cc(C(Cl)C3CCCCC3)c(C)o2)C=CC1. The van der Waals surface area contributed by atoms with Gasteiger partial charge in [-0.05, 0) is 25.7 Å². The van der Waals surface area contributed by atoms with Gasteiger partial charge in [-0.15, -0.1) is 16.7 Å². The van der Waals surface area contributed by atoms with Gasteiger partial charge in [0.1, 0.15) is 5.76 Å². The van der Waals surface area contributed by atoms with Crippen molar-refractivity contribution in [2.24, 2.45) is 11.0 Å². The molecular formula is C17H23ClN2O2. The van der Waals surface area contributed by atoms with Crippen LogP contribution in [0.5, 0.6) is 0 Å². The molecule has 3 rings (SSSR count). The average molecular weight is 323 g/mol. The molecule has 1 unspecified atom stereocenters. The summed E-state index contributed by atoms with van der Waals surface area (Å²) in [6.45, 7) is 1.98. The largest absolute Gasteiger partial charge is 0.483 e. The van der Waals surface area contributed by atoms with Gasteiger partial charge in [-0.3, -0.25) is 0 Å². The lowest BCUT2D eigenvalue weighted by Crippen LogP contribution is -2.16. The van der Waals surface area contributed by atoms with Crippen LogP contribution in [0.1, 0.15) is 55.2 Å². The van der Waals surface area contributed by atoms with Crippen LogP contribution < -0.4 is 5.01 Å². The van der Waals surface area contributed by atoms with Gasteiger partial charge in [0.2, 0.25) is 11.8 Å². The highest BCUT2D eigenvalue weighted by atomic mass is 35.5. The predicted octanol–water partition coefficient (Wildman–Crippen LogP) is 5.13. The van der Waals surface area contributed by atoms with Crippen molar-refractivity contribution in [1.82, 2.24) is 0 Å². The van der Waals surface area contributed by atoms with E-state index in [4.69, 9.17) is 20.8 Å². The normalized spacial score (nSPS) is 20.9. The maximum Gasteiger partial charge on any atom is 0.220 e. The van der Waals surface area contributed by atoms with Crippen molar-refractivity contribution in [3.8, 4) is 0 Å². The monoisotopic (exact) mass is 322 g/mol. The fourth-order valence-electron chi connectivity index (χ4n) is 3.24. The molecule has 0 radical (unpaired) electrons. The smallest absolute Gasteiger partial charge is 0.220 e. The maximum absolute atomic E-state index is 6.74. The molecule has 0 bridgehead atoms. The minimum Gasteiger partial charge on any atom is -0.483 e. The van der Waals surface area contributed by atoms with E-state index in [-0.39, 0.29) is 5.38 Å². The Morgan fingerprint density at radius 3 is 2.86 bits per heavy atom. The van der Waals surface area contributed by atoms with E-state index in [0.29, 0.717) is 24.1 Å². The van der Waals surface area contributed by atoms with Gasteiger partial charge in [0, 0.05) is 24.3 Å². The number of methoxy groups -OCH3 is 1. The quantitative estimate of drug-likeness (QED) is 0.724. The average Bonchev–Trinajstić information content (AvgIpc) is 2.97. The minimum absolute atomic E-state index is 0.0254. The Balaban J connectivity index is 1.79. The zero-order valence-corrected chi connectivity index (χ0v) is 14.0. The number of hydrogen-bond donors (Lipinski definition) is 0. The number of anilines is 1. The Hall–Kier alpha value is -1.42. The molecule has 2 heterocycles. The van der Waals surface area contributed by atoms with Gasteiger partial charge in [0.05, 0.1) is 12.5 Å². The molecule has 0 N–H and O–H groups in total. The van der Waals surface area contributed by atoms with Crippen molar-refractivity contribution in [3.63, 3.8) is 0 Å². The Labute approximate surface area is 136 Å². The van der Waals surface area contributed by atoms with Gasteiger partial charge >= 0.3 is 0 Å². The van der Waals surface area contributed by atoms with Crippen molar-refractivity contribution in [2.75, 3.05) is 12.1 Å². The minimum atomic E-state index is 0.0254. The highest BCUT2D eigenvalue weighted by molar-refractivity contribution is 6.21. The predicted molar refractivity (Wildman–Crippen MR) is 89.3 cm³/mol. The molecule has 0 aromatic carbocycles. The van der Waals surface area contributed by atoms with Crippen molar-refractivity contribution in [3.05, 3.63) is 29.7 Å². The molecule has 1 aromatic rings. The Bertz CT molecular complexity index is 573. The van der Waals surface area contributed by atoms with Crippen LogP contribution >= 0.6 is 11.6 Å². The van der Waals surface area contributed by atoms with Crippen LogP contribution in [0.15, 0.2) is 27.9 Å². The van der Waals surface area contributed by atoms with Crippen LogP contribution in [0.4, 0.5) is 5.88 Å². The van der Waals surface area contributed by atoms with Crippen LogP contribution in [-0.4, -0.2) is 13.0 Å². The molecule has 1 aromatic heterocycles. The van der Waals surface area contributed by atoms with Crippen molar-refractivity contribution in [1.29, 1.82) is 0 Å². The number of halogens is 1. The summed E-state index contributed by atoms with van der Waals surface area (Å²) in [5, 5.41) is 6.14. The van der Waals surface area contributed by atoms with E-state index >= 15 is 0 Å². The summed E-state index contributed by atoms with van der Waals surface area (Å²) in [6.07, 6.45) is 10.9. The first-order valence-electron chi connectivity index (χ1n) is 8.01. The first-order valence-corrected chi connectivity index (χ1v) is 8.44. The number of furan rings is 1. The molecule has 1 aliphatic carbocycles. The fraction of sp³-hybridized carbons (Fsp3) is 0.588.